The van der Waals surface area contributed by atoms with Gasteiger partial charge in [0.05, 0.1) is 18.0 Å². The zero-order chi connectivity index (χ0) is 33.4. The minimum Gasteiger partial charge on any atom is -0.513 e. The van der Waals surface area contributed by atoms with Gasteiger partial charge in [0.15, 0.2) is 11.5 Å². The van der Waals surface area contributed by atoms with Gasteiger partial charge >= 0.3 is 0 Å². The normalized spacial score (nSPS) is 11.3. The monoisotopic (exact) mass is 832 g/mol. The van der Waals surface area contributed by atoms with Crippen LogP contribution in [-0.4, -0.2) is 23.1 Å². The molecule has 0 atom stereocenters. The largest absolute Gasteiger partial charge is 0.513 e. The first-order valence-electron chi connectivity index (χ1n) is 16.7. The molecule has 7 aromatic rings. The van der Waals surface area contributed by atoms with Gasteiger partial charge in [-0.1, -0.05) is 48.5 Å². The molecule has 1 aliphatic heterocycles. The maximum atomic E-state index is 6.23. The molecule has 0 saturated carbocycles. The molecular weight excluding hydrogens is 795 g/mol. The number of nitrogens with zero attached hydrogens (tertiary/aromatic N) is 3. The maximum absolute atomic E-state index is 6.23. The van der Waals surface area contributed by atoms with Crippen molar-refractivity contribution in [3.63, 3.8) is 0 Å². The zero-order valence-corrected chi connectivity index (χ0v) is 30.5. The molecule has 5 aromatic carbocycles. The van der Waals surface area contributed by atoms with E-state index < -0.39 is 0 Å². The fourth-order valence-electron chi connectivity index (χ4n) is 5.98. The molecule has 8 rings (SSSR count). The molecule has 1 radical (unpaired) electrons. The summed E-state index contributed by atoms with van der Waals surface area (Å²) < 4.78 is 12.3. The molecular formula is C44H37IrN3O2-2. The molecule has 0 aliphatic carbocycles. The topological polar surface area (TPSA) is 47.5 Å². The van der Waals surface area contributed by atoms with Gasteiger partial charge in [-0.3, -0.25) is 0 Å². The van der Waals surface area contributed by atoms with Gasteiger partial charge in [-0.2, -0.15) is 0 Å². The van der Waals surface area contributed by atoms with Crippen molar-refractivity contribution >= 4 is 22.1 Å². The van der Waals surface area contributed by atoms with Gasteiger partial charge in [0.25, 0.3) is 0 Å². The van der Waals surface area contributed by atoms with Gasteiger partial charge in [-0.05, 0) is 96.4 Å². The summed E-state index contributed by atoms with van der Waals surface area (Å²) >= 11 is 0. The van der Waals surface area contributed by atoms with Crippen molar-refractivity contribution in [3.05, 3.63) is 163 Å². The molecule has 1 aliphatic rings. The number of ether oxygens (including phenoxy) is 2. The van der Waals surface area contributed by atoms with Crippen molar-refractivity contribution in [1.29, 1.82) is 0 Å². The molecule has 0 spiro atoms. The Morgan fingerprint density at radius 1 is 0.660 bits per heavy atom. The Morgan fingerprint density at radius 2 is 1.40 bits per heavy atom. The summed E-state index contributed by atoms with van der Waals surface area (Å²) in [6.07, 6.45) is 5.60. The second-order valence-corrected chi connectivity index (χ2v) is 12.1. The number of pyridine rings is 2. The van der Waals surface area contributed by atoms with E-state index in [0.717, 1.165) is 70.5 Å². The van der Waals surface area contributed by atoms with Crippen LogP contribution in [0.4, 0.5) is 11.4 Å². The summed E-state index contributed by atoms with van der Waals surface area (Å²) in [7, 11) is 0. The van der Waals surface area contributed by atoms with Crippen LogP contribution in [0, 0.1) is 26.0 Å². The van der Waals surface area contributed by atoms with Crippen molar-refractivity contribution < 1.29 is 29.6 Å². The molecule has 3 heterocycles. The predicted octanol–water partition coefficient (Wildman–Crippen LogP) is 11.0. The van der Waals surface area contributed by atoms with E-state index in [2.05, 4.69) is 89.4 Å². The molecule has 251 valence electrons. The Bertz CT molecular complexity index is 2120. The first-order valence-corrected chi connectivity index (χ1v) is 16.7. The van der Waals surface area contributed by atoms with Crippen molar-refractivity contribution in [2.24, 2.45) is 0 Å². The van der Waals surface area contributed by atoms with Gasteiger partial charge in [0, 0.05) is 44.8 Å². The van der Waals surface area contributed by atoms with Gasteiger partial charge in [0.1, 0.15) is 0 Å². The van der Waals surface area contributed by atoms with Crippen LogP contribution in [0.5, 0.6) is 17.2 Å². The summed E-state index contributed by atoms with van der Waals surface area (Å²) in [5.41, 5.74) is 8.52. The van der Waals surface area contributed by atoms with Crippen LogP contribution in [0.2, 0.25) is 0 Å². The summed E-state index contributed by atoms with van der Waals surface area (Å²) in [4.78, 5) is 11.2. The molecule has 0 bridgehead atoms. The number of benzene rings is 5. The Morgan fingerprint density at radius 3 is 2.14 bits per heavy atom. The Kier molecular flexibility index (Phi) is 11.3. The maximum Gasteiger partial charge on any atom is 0.151 e. The Labute approximate surface area is 307 Å². The van der Waals surface area contributed by atoms with Crippen LogP contribution in [-0.2, 0) is 20.1 Å². The van der Waals surface area contributed by atoms with E-state index in [1.54, 1.807) is 6.20 Å². The van der Waals surface area contributed by atoms with Crippen molar-refractivity contribution in [2.45, 2.75) is 26.7 Å². The molecule has 0 unspecified atom stereocenters. The minimum absolute atomic E-state index is 0. The quantitative estimate of drug-likeness (QED) is 0.113. The average Bonchev–Trinajstić information content (AvgIpc) is 3.15. The smallest absolute Gasteiger partial charge is 0.151 e. The Balaban J connectivity index is 0.000000213. The summed E-state index contributed by atoms with van der Waals surface area (Å²) in [6.45, 7) is 5.76. The standard InChI is InChI=1S/C29H27N2O2.C15H10N.Ir/c1-21-11-13-26-28(18-21)33-29-19-22(2)12-14-27(29)31(26)16-5-6-17-32-24-9-7-8-23(20-24)25-10-3-4-15-30-25;1-2-7-13(8-3-1)15-14-9-5-4-6-12(14)10-11-16-15;/h3-4,7,9-15,18-20H,5-6,16-17H2,1-2H3;1-7,9-11H;/q2*-1;. The first-order chi connectivity index (χ1) is 24.1. The van der Waals surface area contributed by atoms with E-state index in [1.807, 2.05) is 85.1 Å². The van der Waals surface area contributed by atoms with Crippen molar-refractivity contribution in [3.8, 4) is 39.8 Å². The van der Waals surface area contributed by atoms with Crippen LogP contribution < -0.4 is 14.4 Å². The number of hydrogen-bond acceptors (Lipinski definition) is 5. The first kappa shape index (κ1) is 34.6. The summed E-state index contributed by atoms with van der Waals surface area (Å²) in [6, 6.07) is 49.2. The minimum atomic E-state index is 0. The van der Waals surface area contributed by atoms with Crippen molar-refractivity contribution in [2.75, 3.05) is 18.1 Å². The van der Waals surface area contributed by atoms with E-state index in [4.69, 9.17) is 9.47 Å². The number of unbranched alkanes of at least 4 members (excludes halogenated alkanes) is 1. The number of anilines is 2. The predicted molar refractivity (Wildman–Crippen MR) is 199 cm³/mol. The molecule has 0 saturated heterocycles. The fourth-order valence-corrected chi connectivity index (χ4v) is 5.98. The van der Waals surface area contributed by atoms with E-state index in [1.165, 1.54) is 21.9 Å². The molecule has 6 heteroatoms. The van der Waals surface area contributed by atoms with E-state index in [9.17, 15) is 0 Å². The third-order valence-corrected chi connectivity index (χ3v) is 8.43. The number of aryl methyl sites for hydroxylation is 2. The molecule has 50 heavy (non-hydrogen) atoms. The third-order valence-electron chi connectivity index (χ3n) is 8.43. The van der Waals surface area contributed by atoms with Gasteiger partial charge in [0.2, 0.25) is 0 Å². The molecule has 2 aromatic heterocycles. The molecule has 0 amide bonds. The molecule has 0 fully saturated rings. The molecule has 0 N–H and O–H groups in total. The number of fused-ring (bicyclic) bond motifs is 3. The number of aromatic nitrogens is 2. The van der Waals surface area contributed by atoms with Crippen LogP contribution in [0.1, 0.15) is 24.0 Å². The van der Waals surface area contributed by atoms with Gasteiger partial charge in [-0.15, -0.1) is 65.7 Å². The van der Waals surface area contributed by atoms with Gasteiger partial charge in [-0.25, -0.2) is 0 Å². The van der Waals surface area contributed by atoms with Crippen molar-refractivity contribution in [1.82, 2.24) is 9.97 Å². The van der Waals surface area contributed by atoms with Crippen LogP contribution in [0.15, 0.2) is 140 Å². The number of rotatable bonds is 8. The van der Waals surface area contributed by atoms with Crippen LogP contribution >= 0.6 is 0 Å². The second-order valence-electron chi connectivity index (χ2n) is 12.1. The molecule has 5 nitrogen and oxygen atoms in total. The summed E-state index contributed by atoms with van der Waals surface area (Å²) in [5, 5.41) is 2.39. The average molecular weight is 832 g/mol. The van der Waals surface area contributed by atoms with Crippen LogP contribution in [0.25, 0.3) is 33.3 Å². The van der Waals surface area contributed by atoms with E-state index in [-0.39, 0.29) is 20.1 Å². The van der Waals surface area contributed by atoms with Gasteiger partial charge < -0.3 is 24.3 Å². The number of hydrogen-bond donors (Lipinski definition) is 0. The second kappa shape index (κ2) is 16.4. The fraction of sp³-hybridized carbons (Fsp3) is 0.136. The van der Waals surface area contributed by atoms with E-state index >= 15 is 0 Å². The third kappa shape index (κ3) is 8.11. The zero-order valence-electron chi connectivity index (χ0n) is 28.1. The van der Waals surface area contributed by atoms with E-state index in [0.29, 0.717) is 6.61 Å². The SMILES string of the molecule is Cc1ccc2c(c1)Oc1cc(C)ccc1N2CCCCOc1cc[c-]c(-c2ccccn2)c1.[Ir].[c-]1ccccc1-c1nccc2ccccc12. The summed E-state index contributed by atoms with van der Waals surface area (Å²) in [5.74, 6) is 2.70. The van der Waals surface area contributed by atoms with Crippen LogP contribution in [0.3, 0.4) is 0 Å². The Hall–Kier alpha value is -5.29.